The molecule has 0 amide bonds. The average Bonchev–Trinajstić information content (AvgIpc) is 2.87. The minimum atomic E-state index is -0.116. The number of nitrogens with zero attached hydrogens (tertiary/aromatic N) is 1. The standard InChI is InChI=1S/C13H11NO2S/c15-7-2-5-11-3-1-4-12(9-11)10-17-13-14-6-8-16-13/h1,3-4,6,8-9,15H,7,10H2. The van der Waals surface area contributed by atoms with Gasteiger partial charge in [0.15, 0.2) is 0 Å². The lowest BCUT2D eigenvalue weighted by Crippen LogP contribution is -1.83. The zero-order chi connectivity index (χ0) is 11.9. The summed E-state index contributed by atoms with van der Waals surface area (Å²) in [5.74, 6) is 6.30. The Bertz CT molecular complexity index is 526. The normalized spacial score (nSPS) is 9.71. The van der Waals surface area contributed by atoms with Gasteiger partial charge in [0.25, 0.3) is 5.22 Å². The molecule has 0 saturated carbocycles. The van der Waals surface area contributed by atoms with Gasteiger partial charge in [0.2, 0.25) is 0 Å². The van der Waals surface area contributed by atoms with Crippen LogP contribution in [0.5, 0.6) is 0 Å². The number of hydrogen-bond acceptors (Lipinski definition) is 4. The molecule has 1 aromatic carbocycles. The van der Waals surface area contributed by atoms with Crippen LogP contribution in [-0.2, 0) is 5.75 Å². The largest absolute Gasteiger partial charge is 0.440 e. The first-order valence-electron chi connectivity index (χ1n) is 5.09. The molecule has 2 rings (SSSR count). The summed E-state index contributed by atoms with van der Waals surface area (Å²) in [5.41, 5.74) is 2.06. The van der Waals surface area contributed by atoms with Crippen LogP contribution in [0, 0.1) is 11.8 Å². The van der Waals surface area contributed by atoms with E-state index in [1.54, 1.807) is 12.5 Å². The van der Waals surface area contributed by atoms with Crippen molar-refractivity contribution >= 4 is 11.8 Å². The third kappa shape index (κ3) is 3.66. The number of aliphatic hydroxyl groups excluding tert-OH is 1. The van der Waals surface area contributed by atoms with E-state index in [0.29, 0.717) is 5.22 Å². The third-order valence-corrected chi connectivity index (χ3v) is 2.94. The first-order chi connectivity index (χ1) is 8.38. The number of aromatic nitrogens is 1. The second-order valence-corrected chi connectivity index (χ2v) is 4.17. The Morgan fingerprint density at radius 1 is 1.41 bits per heavy atom. The van der Waals surface area contributed by atoms with Crippen LogP contribution in [0.25, 0.3) is 0 Å². The molecule has 0 bridgehead atoms. The molecule has 0 unspecified atom stereocenters. The lowest BCUT2D eigenvalue weighted by Gasteiger charge is -1.99. The van der Waals surface area contributed by atoms with Gasteiger partial charge in [0.1, 0.15) is 12.9 Å². The summed E-state index contributed by atoms with van der Waals surface area (Å²) in [6, 6.07) is 7.90. The van der Waals surface area contributed by atoms with E-state index in [4.69, 9.17) is 9.52 Å². The van der Waals surface area contributed by atoms with Gasteiger partial charge in [0.05, 0.1) is 6.20 Å². The highest BCUT2D eigenvalue weighted by Gasteiger charge is 2.00. The van der Waals surface area contributed by atoms with Gasteiger partial charge in [0, 0.05) is 11.3 Å². The Balaban J connectivity index is 2.01. The Morgan fingerprint density at radius 3 is 3.12 bits per heavy atom. The van der Waals surface area contributed by atoms with Crippen molar-refractivity contribution in [2.24, 2.45) is 0 Å². The summed E-state index contributed by atoms with van der Waals surface area (Å²) < 4.78 is 5.14. The van der Waals surface area contributed by atoms with Gasteiger partial charge in [-0.05, 0) is 17.7 Å². The van der Waals surface area contributed by atoms with Crippen molar-refractivity contribution in [2.75, 3.05) is 6.61 Å². The van der Waals surface area contributed by atoms with Gasteiger partial charge < -0.3 is 9.52 Å². The van der Waals surface area contributed by atoms with Gasteiger partial charge >= 0.3 is 0 Å². The SMILES string of the molecule is OCC#Cc1cccc(CSc2ncco2)c1. The predicted molar refractivity (Wildman–Crippen MR) is 66.5 cm³/mol. The van der Waals surface area contributed by atoms with E-state index in [9.17, 15) is 0 Å². The number of aliphatic hydroxyl groups is 1. The van der Waals surface area contributed by atoms with E-state index in [1.165, 1.54) is 11.8 Å². The molecule has 0 fully saturated rings. The van der Waals surface area contributed by atoms with Crippen molar-refractivity contribution < 1.29 is 9.52 Å². The van der Waals surface area contributed by atoms with Gasteiger partial charge in [-0.15, -0.1) is 0 Å². The fourth-order valence-corrected chi connectivity index (χ4v) is 2.04. The number of thioether (sulfide) groups is 1. The average molecular weight is 245 g/mol. The highest BCUT2D eigenvalue weighted by Crippen LogP contribution is 2.20. The summed E-state index contributed by atoms with van der Waals surface area (Å²) >= 11 is 1.54. The van der Waals surface area contributed by atoms with Crippen molar-refractivity contribution in [1.29, 1.82) is 0 Å². The molecule has 86 valence electrons. The zero-order valence-electron chi connectivity index (χ0n) is 9.09. The van der Waals surface area contributed by atoms with E-state index in [1.807, 2.05) is 24.3 Å². The smallest absolute Gasteiger partial charge is 0.255 e. The summed E-state index contributed by atoms with van der Waals surface area (Å²) in [6.45, 7) is -0.116. The maximum absolute atomic E-state index is 8.63. The molecule has 1 N–H and O–H groups in total. The molecular weight excluding hydrogens is 234 g/mol. The van der Waals surface area contributed by atoms with Crippen molar-refractivity contribution in [3.63, 3.8) is 0 Å². The van der Waals surface area contributed by atoms with Crippen molar-refractivity contribution in [1.82, 2.24) is 4.98 Å². The molecule has 0 saturated heterocycles. The highest BCUT2D eigenvalue weighted by atomic mass is 32.2. The van der Waals surface area contributed by atoms with Crippen LogP contribution in [0.3, 0.4) is 0 Å². The van der Waals surface area contributed by atoms with E-state index in [2.05, 4.69) is 16.8 Å². The van der Waals surface area contributed by atoms with Crippen molar-refractivity contribution in [3.05, 3.63) is 47.9 Å². The molecule has 1 aromatic heterocycles. The van der Waals surface area contributed by atoms with Gasteiger partial charge in [-0.1, -0.05) is 35.7 Å². The Kier molecular flexibility index (Phi) is 4.25. The van der Waals surface area contributed by atoms with Gasteiger partial charge in [-0.2, -0.15) is 0 Å². The molecule has 3 nitrogen and oxygen atoms in total. The number of rotatable bonds is 3. The summed E-state index contributed by atoms with van der Waals surface area (Å²) in [6.07, 6.45) is 3.19. The molecule has 4 heteroatoms. The number of oxazole rings is 1. The molecule has 0 atom stereocenters. The minimum Gasteiger partial charge on any atom is -0.440 e. The first-order valence-corrected chi connectivity index (χ1v) is 6.08. The third-order valence-electron chi connectivity index (χ3n) is 2.01. The fourth-order valence-electron chi connectivity index (χ4n) is 1.31. The monoisotopic (exact) mass is 245 g/mol. The van der Waals surface area contributed by atoms with E-state index in [0.717, 1.165) is 16.9 Å². The summed E-state index contributed by atoms with van der Waals surface area (Å²) in [7, 11) is 0. The first kappa shape index (κ1) is 11.8. The van der Waals surface area contributed by atoms with E-state index in [-0.39, 0.29) is 6.61 Å². The lowest BCUT2D eigenvalue weighted by molar-refractivity contribution is 0.350. The Hall–Kier alpha value is -1.70. The van der Waals surface area contributed by atoms with Crippen LogP contribution in [0.15, 0.2) is 46.4 Å². The second kappa shape index (κ2) is 6.14. The van der Waals surface area contributed by atoms with Crippen molar-refractivity contribution in [3.8, 4) is 11.8 Å². The molecule has 0 aliphatic carbocycles. The van der Waals surface area contributed by atoms with Gasteiger partial charge in [-0.3, -0.25) is 0 Å². The molecule has 0 radical (unpaired) electrons. The van der Waals surface area contributed by atoms with Crippen LogP contribution < -0.4 is 0 Å². The Morgan fingerprint density at radius 2 is 2.35 bits per heavy atom. The van der Waals surface area contributed by atoms with Crippen LogP contribution in [0.4, 0.5) is 0 Å². The maximum Gasteiger partial charge on any atom is 0.255 e. The predicted octanol–water partition coefficient (Wildman–Crippen LogP) is 2.31. The molecule has 0 aliphatic rings. The Labute approximate surface area is 104 Å². The van der Waals surface area contributed by atoms with Gasteiger partial charge in [-0.25, -0.2) is 4.98 Å². The summed E-state index contributed by atoms with van der Waals surface area (Å²) in [5, 5.41) is 9.29. The number of hydrogen-bond donors (Lipinski definition) is 1. The zero-order valence-corrected chi connectivity index (χ0v) is 9.91. The fraction of sp³-hybridized carbons (Fsp3) is 0.154. The minimum absolute atomic E-state index is 0.116. The van der Waals surface area contributed by atoms with Crippen LogP contribution in [0.2, 0.25) is 0 Å². The molecular formula is C13H11NO2S. The maximum atomic E-state index is 8.63. The van der Waals surface area contributed by atoms with Crippen LogP contribution in [-0.4, -0.2) is 16.7 Å². The number of benzene rings is 1. The van der Waals surface area contributed by atoms with Crippen molar-refractivity contribution in [2.45, 2.75) is 11.0 Å². The topological polar surface area (TPSA) is 46.3 Å². The lowest BCUT2D eigenvalue weighted by atomic mass is 10.1. The molecule has 17 heavy (non-hydrogen) atoms. The molecule has 1 heterocycles. The van der Waals surface area contributed by atoms with E-state index >= 15 is 0 Å². The van der Waals surface area contributed by atoms with E-state index < -0.39 is 0 Å². The second-order valence-electron chi connectivity index (χ2n) is 3.25. The quantitative estimate of drug-likeness (QED) is 0.666. The molecule has 0 spiro atoms. The van der Waals surface area contributed by atoms with Crippen LogP contribution >= 0.6 is 11.8 Å². The van der Waals surface area contributed by atoms with Crippen LogP contribution in [0.1, 0.15) is 11.1 Å². The molecule has 0 aliphatic heterocycles. The molecule has 2 aromatic rings. The highest BCUT2D eigenvalue weighted by molar-refractivity contribution is 7.98. The summed E-state index contributed by atoms with van der Waals surface area (Å²) in [4.78, 5) is 4.04.